The quantitative estimate of drug-likeness (QED) is 0.568. The number of aromatic nitrogens is 1. The number of nitrogens with zero attached hydrogens (tertiary/aromatic N) is 2. The van der Waals surface area contributed by atoms with Crippen LogP contribution in [-0.4, -0.2) is 10.6 Å². The maximum atomic E-state index is 8.71. The molecule has 0 saturated carbocycles. The molecule has 4 heteroatoms. The van der Waals surface area contributed by atoms with Gasteiger partial charge in [-0.2, -0.15) is 5.26 Å². The van der Waals surface area contributed by atoms with Crippen LogP contribution in [0.3, 0.4) is 0 Å². The van der Waals surface area contributed by atoms with Crippen molar-refractivity contribution in [3.05, 3.63) is 22.8 Å². The van der Waals surface area contributed by atoms with Crippen molar-refractivity contribution in [3.63, 3.8) is 0 Å². The van der Waals surface area contributed by atoms with Crippen LogP contribution >= 0.6 is 11.6 Å². The molecule has 0 atom stereocenters. The monoisotopic (exact) mass is 220 g/mol. The van der Waals surface area contributed by atoms with E-state index < -0.39 is 5.60 Å². The molecule has 0 aromatic carbocycles. The summed E-state index contributed by atoms with van der Waals surface area (Å²) in [5.74, 6) is 2.71. The Hall–Kier alpha value is -1.71. The zero-order valence-corrected chi connectivity index (χ0v) is 9.17. The standard InChI is InChI=1S/C11H9ClN2O/c1-4-11(2,3)15-10-6-8(7-13)5-9(12)14-10/h1,5-6H,2-3H3. The second-order valence-electron chi connectivity index (χ2n) is 3.39. The number of pyridine rings is 1. The van der Waals surface area contributed by atoms with E-state index in [9.17, 15) is 0 Å². The molecule has 0 aliphatic rings. The van der Waals surface area contributed by atoms with E-state index in [0.717, 1.165) is 0 Å². The summed E-state index contributed by atoms with van der Waals surface area (Å²) in [7, 11) is 0. The van der Waals surface area contributed by atoms with Crippen molar-refractivity contribution in [2.45, 2.75) is 19.4 Å². The SMILES string of the molecule is C#CC(C)(C)Oc1cc(C#N)cc(Cl)n1. The summed E-state index contributed by atoms with van der Waals surface area (Å²) in [6.07, 6.45) is 5.26. The van der Waals surface area contributed by atoms with Gasteiger partial charge in [0, 0.05) is 6.07 Å². The molecule has 3 nitrogen and oxygen atoms in total. The van der Waals surface area contributed by atoms with Gasteiger partial charge in [0.25, 0.3) is 0 Å². The van der Waals surface area contributed by atoms with Crippen molar-refractivity contribution in [3.8, 4) is 24.3 Å². The molecule has 1 rings (SSSR count). The number of ether oxygens (including phenoxy) is 1. The highest BCUT2D eigenvalue weighted by Crippen LogP contribution is 2.19. The molecular weight excluding hydrogens is 212 g/mol. The van der Waals surface area contributed by atoms with E-state index in [-0.39, 0.29) is 11.0 Å². The van der Waals surface area contributed by atoms with Gasteiger partial charge in [-0.25, -0.2) is 4.98 Å². The van der Waals surface area contributed by atoms with Gasteiger partial charge < -0.3 is 4.74 Å². The summed E-state index contributed by atoms with van der Waals surface area (Å²) in [5.41, 5.74) is -0.387. The van der Waals surface area contributed by atoms with Crippen LogP contribution in [0.5, 0.6) is 5.88 Å². The lowest BCUT2D eigenvalue weighted by atomic mass is 10.1. The Morgan fingerprint density at radius 2 is 2.20 bits per heavy atom. The molecule has 0 amide bonds. The molecule has 0 spiro atoms. The molecule has 0 saturated heterocycles. The largest absolute Gasteiger partial charge is 0.458 e. The minimum atomic E-state index is -0.773. The highest BCUT2D eigenvalue weighted by molar-refractivity contribution is 6.29. The van der Waals surface area contributed by atoms with Gasteiger partial charge in [0.1, 0.15) is 5.15 Å². The fraction of sp³-hybridized carbons (Fsp3) is 0.273. The first-order chi connectivity index (χ1) is 6.96. The smallest absolute Gasteiger partial charge is 0.217 e. The topological polar surface area (TPSA) is 45.9 Å². The molecule has 0 unspecified atom stereocenters. The highest BCUT2D eigenvalue weighted by Gasteiger charge is 2.17. The van der Waals surface area contributed by atoms with E-state index in [1.54, 1.807) is 13.8 Å². The minimum Gasteiger partial charge on any atom is -0.458 e. The van der Waals surface area contributed by atoms with Gasteiger partial charge in [-0.15, -0.1) is 6.42 Å². The molecular formula is C11H9ClN2O. The number of rotatable bonds is 2. The fourth-order valence-electron chi connectivity index (χ4n) is 0.881. The van der Waals surface area contributed by atoms with Crippen LogP contribution in [0, 0.1) is 23.7 Å². The van der Waals surface area contributed by atoms with E-state index >= 15 is 0 Å². The van der Waals surface area contributed by atoms with Crippen molar-refractivity contribution < 1.29 is 4.74 Å². The second-order valence-corrected chi connectivity index (χ2v) is 3.77. The number of nitriles is 1. The van der Waals surface area contributed by atoms with Crippen LogP contribution in [0.25, 0.3) is 0 Å². The summed E-state index contributed by atoms with van der Waals surface area (Å²) in [5, 5.41) is 8.92. The third-order valence-electron chi connectivity index (χ3n) is 1.61. The molecule has 76 valence electrons. The van der Waals surface area contributed by atoms with Gasteiger partial charge in [-0.3, -0.25) is 0 Å². The zero-order chi connectivity index (χ0) is 11.5. The van der Waals surface area contributed by atoms with Gasteiger partial charge in [-0.1, -0.05) is 17.5 Å². The minimum absolute atomic E-state index is 0.205. The summed E-state index contributed by atoms with van der Waals surface area (Å²) < 4.78 is 5.39. The van der Waals surface area contributed by atoms with Gasteiger partial charge in [-0.05, 0) is 19.9 Å². The van der Waals surface area contributed by atoms with Crippen LogP contribution in [-0.2, 0) is 0 Å². The Kier molecular flexibility index (Phi) is 3.19. The molecule has 0 fully saturated rings. The van der Waals surface area contributed by atoms with Crippen molar-refractivity contribution in [2.75, 3.05) is 0 Å². The molecule has 0 aliphatic heterocycles. The Morgan fingerprint density at radius 3 is 2.73 bits per heavy atom. The third-order valence-corrected chi connectivity index (χ3v) is 1.80. The first-order valence-corrected chi connectivity index (χ1v) is 4.59. The molecule has 0 radical (unpaired) electrons. The average Bonchev–Trinajstić information content (AvgIpc) is 2.16. The highest BCUT2D eigenvalue weighted by atomic mass is 35.5. The molecule has 1 aromatic rings. The first-order valence-electron chi connectivity index (χ1n) is 4.21. The van der Waals surface area contributed by atoms with Gasteiger partial charge in [0.2, 0.25) is 5.88 Å². The van der Waals surface area contributed by atoms with Gasteiger partial charge >= 0.3 is 0 Å². The van der Waals surface area contributed by atoms with Crippen LogP contribution in [0.15, 0.2) is 12.1 Å². The van der Waals surface area contributed by atoms with E-state index in [1.165, 1.54) is 12.1 Å². The predicted molar refractivity (Wildman–Crippen MR) is 57.5 cm³/mol. The molecule has 0 bridgehead atoms. The first kappa shape index (κ1) is 11.4. The van der Waals surface area contributed by atoms with Gasteiger partial charge in [0.05, 0.1) is 11.6 Å². The molecule has 1 heterocycles. The lowest BCUT2D eigenvalue weighted by Gasteiger charge is -2.19. The fourth-order valence-corrected chi connectivity index (χ4v) is 1.08. The maximum Gasteiger partial charge on any atom is 0.217 e. The summed E-state index contributed by atoms with van der Waals surface area (Å²) in [6.45, 7) is 3.45. The summed E-state index contributed by atoms with van der Waals surface area (Å²) in [6, 6.07) is 4.90. The number of halogens is 1. The number of terminal acetylenes is 1. The van der Waals surface area contributed by atoms with Crippen molar-refractivity contribution >= 4 is 11.6 Å². The average molecular weight is 221 g/mol. The molecule has 1 aromatic heterocycles. The van der Waals surface area contributed by atoms with E-state index in [4.69, 9.17) is 28.0 Å². The number of hydrogen-bond acceptors (Lipinski definition) is 3. The maximum absolute atomic E-state index is 8.71. The lowest BCUT2D eigenvalue weighted by molar-refractivity contribution is 0.165. The third kappa shape index (κ3) is 3.16. The lowest BCUT2D eigenvalue weighted by Crippen LogP contribution is -2.26. The Labute approximate surface area is 93.6 Å². The van der Waals surface area contributed by atoms with E-state index in [1.807, 2.05) is 6.07 Å². The summed E-state index contributed by atoms with van der Waals surface area (Å²) in [4.78, 5) is 3.91. The molecule has 0 N–H and O–H groups in total. The van der Waals surface area contributed by atoms with Crippen molar-refractivity contribution in [2.24, 2.45) is 0 Å². The Balaban J connectivity index is 3.03. The predicted octanol–water partition coefficient (Wildman–Crippen LogP) is 2.40. The normalized spacial score (nSPS) is 10.2. The van der Waals surface area contributed by atoms with Crippen LogP contribution in [0.1, 0.15) is 19.4 Å². The van der Waals surface area contributed by atoms with Crippen molar-refractivity contribution in [1.29, 1.82) is 5.26 Å². The summed E-state index contributed by atoms with van der Waals surface area (Å²) >= 11 is 5.71. The van der Waals surface area contributed by atoms with Crippen LogP contribution < -0.4 is 4.74 Å². The zero-order valence-electron chi connectivity index (χ0n) is 8.41. The Bertz CT molecular complexity index is 455. The van der Waals surface area contributed by atoms with Crippen LogP contribution in [0.4, 0.5) is 0 Å². The number of hydrogen-bond donors (Lipinski definition) is 0. The van der Waals surface area contributed by atoms with E-state index in [2.05, 4.69) is 10.9 Å². The van der Waals surface area contributed by atoms with Crippen LogP contribution in [0.2, 0.25) is 5.15 Å². The van der Waals surface area contributed by atoms with Gasteiger partial charge in [0.15, 0.2) is 5.60 Å². The Morgan fingerprint density at radius 1 is 1.53 bits per heavy atom. The molecule has 0 aliphatic carbocycles. The van der Waals surface area contributed by atoms with Crippen molar-refractivity contribution in [1.82, 2.24) is 4.98 Å². The van der Waals surface area contributed by atoms with E-state index in [0.29, 0.717) is 5.56 Å². The molecule has 15 heavy (non-hydrogen) atoms. The second kappa shape index (κ2) is 4.21.